The minimum atomic E-state index is -0.101. The summed E-state index contributed by atoms with van der Waals surface area (Å²) in [7, 11) is 1.93. The Morgan fingerprint density at radius 2 is 2.13 bits per heavy atom. The zero-order chi connectivity index (χ0) is 11.5. The third-order valence-corrected chi connectivity index (χ3v) is 3.31. The second-order valence-electron chi connectivity index (χ2n) is 4.41. The van der Waals surface area contributed by atoms with Gasteiger partial charge in [-0.1, -0.05) is 11.6 Å². The van der Waals surface area contributed by atoms with Gasteiger partial charge in [0.2, 0.25) is 0 Å². The molecule has 1 aromatic heterocycles. The van der Waals surface area contributed by atoms with E-state index < -0.39 is 0 Å². The van der Waals surface area contributed by atoms with Gasteiger partial charge in [0.15, 0.2) is 0 Å². The average molecular weight is 248 g/mol. The van der Waals surface area contributed by atoms with E-state index in [-0.39, 0.29) is 11.6 Å². The highest BCUT2D eigenvalue weighted by atomic mass is 35.5. The lowest BCUT2D eigenvalue weighted by atomic mass is 10.2. The molecule has 0 fully saturated rings. The summed E-state index contributed by atoms with van der Waals surface area (Å²) in [5, 5.41) is 3.23. The van der Waals surface area contributed by atoms with Gasteiger partial charge >= 0.3 is 0 Å². The molecule has 1 heterocycles. The lowest BCUT2D eigenvalue weighted by Crippen LogP contribution is -2.27. The third kappa shape index (κ3) is 4.51. The topological polar surface area (TPSA) is 21.3 Å². The van der Waals surface area contributed by atoms with Crippen molar-refractivity contribution in [3.63, 3.8) is 0 Å². The van der Waals surface area contributed by atoms with Gasteiger partial charge in [-0.05, 0) is 40.0 Å². The van der Waals surface area contributed by atoms with Gasteiger partial charge in [0.25, 0.3) is 0 Å². The van der Waals surface area contributed by atoms with E-state index in [0.29, 0.717) is 6.61 Å². The van der Waals surface area contributed by atoms with Crippen LogP contribution in [-0.2, 0) is 4.74 Å². The first kappa shape index (κ1) is 13.0. The maximum atomic E-state index is 5.90. The first-order valence-corrected chi connectivity index (χ1v) is 6.18. The predicted molar refractivity (Wildman–Crippen MR) is 66.8 cm³/mol. The minimum Gasteiger partial charge on any atom is -0.374 e. The molecule has 0 amide bonds. The van der Waals surface area contributed by atoms with Gasteiger partial charge in [-0.2, -0.15) is 0 Å². The summed E-state index contributed by atoms with van der Waals surface area (Å²) in [4.78, 5) is 1.21. The third-order valence-electron chi connectivity index (χ3n) is 1.97. The number of thiophene rings is 1. The quantitative estimate of drug-likeness (QED) is 0.880. The Bertz CT molecular complexity index is 306. The molecule has 1 N–H and O–H groups in total. The number of rotatable bonds is 4. The van der Waals surface area contributed by atoms with Gasteiger partial charge in [-0.25, -0.2) is 0 Å². The van der Waals surface area contributed by atoms with Gasteiger partial charge in [0.05, 0.1) is 22.6 Å². The molecule has 0 aliphatic heterocycles. The van der Waals surface area contributed by atoms with E-state index in [2.05, 4.69) is 26.1 Å². The van der Waals surface area contributed by atoms with Crippen LogP contribution in [-0.4, -0.2) is 19.3 Å². The van der Waals surface area contributed by atoms with E-state index in [0.717, 1.165) is 4.34 Å². The Morgan fingerprint density at radius 3 is 2.53 bits per heavy atom. The Labute approximate surface area is 101 Å². The maximum Gasteiger partial charge on any atom is 0.0931 e. The van der Waals surface area contributed by atoms with Gasteiger partial charge < -0.3 is 10.1 Å². The number of hydrogen-bond acceptors (Lipinski definition) is 3. The van der Waals surface area contributed by atoms with E-state index >= 15 is 0 Å². The fourth-order valence-corrected chi connectivity index (χ4v) is 2.31. The number of hydrogen-bond donors (Lipinski definition) is 1. The van der Waals surface area contributed by atoms with Crippen LogP contribution in [0, 0.1) is 0 Å². The van der Waals surface area contributed by atoms with Crippen molar-refractivity contribution in [2.24, 2.45) is 0 Å². The van der Waals surface area contributed by atoms with Gasteiger partial charge in [-0.15, -0.1) is 11.3 Å². The summed E-state index contributed by atoms with van der Waals surface area (Å²) < 4.78 is 6.57. The molecule has 15 heavy (non-hydrogen) atoms. The number of ether oxygens (including phenoxy) is 1. The zero-order valence-corrected chi connectivity index (χ0v) is 11.2. The van der Waals surface area contributed by atoms with Crippen LogP contribution in [0.4, 0.5) is 0 Å². The molecule has 1 aromatic rings. The molecule has 0 spiro atoms. The molecule has 1 unspecified atom stereocenters. The van der Waals surface area contributed by atoms with Crippen molar-refractivity contribution in [2.45, 2.75) is 32.4 Å². The van der Waals surface area contributed by atoms with Crippen molar-refractivity contribution in [1.29, 1.82) is 0 Å². The molecular formula is C11H18ClNOS. The second kappa shape index (κ2) is 5.30. The van der Waals surface area contributed by atoms with Crippen molar-refractivity contribution < 1.29 is 4.74 Å². The van der Waals surface area contributed by atoms with E-state index in [1.165, 1.54) is 4.88 Å². The van der Waals surface area contributed by atoms with Crippen molar-refractivity contribution >= 4 is 22.9 Å². The summed E-state index contributed by atoms with van der Waals surface area (Å²) in [6, 6.07) is 4.19. The lowest BCUT2D eigenvalue weighted by molar-refractivity contribution is -0.0135. The zero-order valence-electron chi connectivity index (χ0n) is 9.63. The second-order valence-corrected chi connectivity index (χ2v) is 6.15. The Kier molecular flexibility index (Phi) is 4.59. The molecule has 86 valence electrons. The molecule has 0 saturated heterocycles. The van der Waals surface area contributed by atoms with Crippen molar-refractivity contribution in [1.82, 2.24) is 5.32 Å². The van der Waals surface area contributed by atoms with Crippen molar-refractivity contribution in [2.75, 3.05) is 13.7 Å². The number of halogens is 1. The standard InChI is InChI=1S/C11H18ClNOS/c1-11(2,3)14-7-8(13-4)9-5-6-10(12)15-9/h5-6,8,13H,7H2,1-4H3. The first-order valence-electron chi connectivity index (χ1n) is 4.99. The molecule has 0 aliphatic carbocycles. The molecule has 0 bridgehead atoms. The molecule has 1 atom stereocenters. The Balaban J connectivity index is 2.57. The predicted octanol–water partition coefficient (Wildman–Crippen LogP) is 3.48. The summed E-state index contributed by atoms with van der Waals surface area (Å²) in [6.45, 7) is 6.83. The van der Waals surface area contributed by atoms with Crippen molar-refractivity contribution in [3.05, 3.63) is 21.3 Å². The fraction of sp³-hybridized carbons (Fsp3) is 0.636. The summed E-state index contributed by atoms with van der Waals surface area (Å²) >= 11 is 7.50. The van der Waals surface area contributed by atoms with Crippen LogP contribution in [0.25, 0.3) is 0 Å². The number of nitrogens with one attached hydrogen (secondary N) is 1. The first-order chi connectivity index (χ1) is 6.92. The monoisotopic (exact) mass is 247 g/mol. The normalized spacial score (nSPS) is 14.2. The van der Waals surface area contributed by atoms with Crippen LogP contribution in [0.1, 0.15) is 31.7 Å². The van der Waals surface area contributed by atoms with Crippen LogP contribution in [0.5, 0.6) is 0 Å². The molecule has 4 heteroatoms. The minimum absolute atomic E-state index is 0.101. The SMILES string of the molecule is CNC(COC(C)(C)C)c1ccc(Cl)s1. The lowest BCUT2D eigenvalue weighted by Gasteiger charge is -2.23. The highest BCUT2D eigenvalue weighted by Gasteiger charge is 2.16. The summed E-state index contributed by atoms with van der Waals surface area (Å²) in [5.41, 5.74) is -0.101. The van der Waals surface area contributed by atoms with Crippen LogP contribution in [0.15, 0.2) is 12.1 Å². The maximum absolute atomic E-state index is 5.90. The molecule has 0 aliphatic rings. The number of likely N-dealkylation sites (N-methyl/N-ethyl adjacent to an activating group) is 1. The Hall–Kier alpha value is -0.0900. The smallest absolute Gasteiger partial charge is 0.0931 e. The van der Waals surface area contributed by atoms with E-state index in [4.69, 9.17) is 16.3 Å². The highest BCUT2D eigenvalue weighted by molar-refractivity contribution is 7.16. The highest BCUT2D eigenvalue weighted by Crippen LogP contribution is 2.27. The van der Waals surface area contributed by atoms with Crippen LogP contribution in [0.3, 0.4) is 0 Å². The van der Waals surface area contributed by atoms with E-state index in [1.54, 1.807) is 11.3 Å². The van der Waals surface area contributed by atoms with Crippen molar-refractivity contribution in [3.8, 4) is 0 Å². The molecule has 0 radical (unpaired) electrons. The van der Waals surface area contributed by atoms with Gasteiger partial charge in [0, 0.05) is 4.88 Å². The van der Waals surface area contributed by atoms with Crippen LogP contribution < -0.4 is 5.32 Å². The molecular weight excluding hydrogens is 230 g/mol. The van der Waals surface area contributed by atoms with Gasteiger partial charge in [0.1, 0.15) is 0 Å². The Morgan fingerprint density at radius 1 is 1.47 bits per heavy atom. The molecule has 0 aromatic carbocycles. The van der Waals surface area contributed by atoms with Gasteiger partial charge in [-0.3, -0.25) is 0 Å². The van der Waals surface area contributed by atoms with Crippen LogP contribution >= 0.6 is 22.9 Å². The van der Waals surface area contributed by atoms with E-state index in [1.807, 2.05) is 19.2 Å². The summed E-state index contributed by atoms with van der Waals surface area (Å²) in [6.07, 6.45) is 0. The molecule has 1 rings (SSSR count). The van der Waals surface area contributed by atoms with Crippen LogP contribution in [0.2, 0.25) is 4.34 Å². The van der Waals surface area contributed by atoms with E-state index in [9.17, 15) is 0 Å². The molecule has 2 nitrogen and oxygen atoms in total. The summed E-state index contributed by atoms with van der Waals surface area (Å²) in [5.74, 6) is 0. The molecule has 0 saturated carbocycles. The fourth-order valence-electron chi connectivity index (χ4n) is 1.16. The average Bonchev–Trinajstić information content (AvgIpc) is 2.51. The largest absolute Gasteiger partial charge is 0.374 e.